The Balaban J connectivity index is 1.95. The summed E-state index contributed by atoms with van der Waals surface area (Å²) < 4.78 is 10.9. The minimum absolute atomic E-state index is 0.0751. The number of Topliss-reactive ketones (excluding diaryl/α,β-unsaturated/α-hetero) is 3. The molecule has 0 aromatic carbocycles. The van der Waals surface area contributed by atoms with Crippen molar-refractivity contribution in [3.8, 4) is 0 Å². The first-order chi connectivity index (χ1) is 14.7. The minimum Gasteiger partial charge on any atom is -0.504 e. The van der Waals surface area contributed by atoms with Gasteiger partial charge in [-0.2, -0.15) is 0 Å². The van der Waals surface area contributed by atoms with Gasteiger partial charge in [-0.05, 0) is 36.7 Å². The van der Waals surface area contributed by atoms with E-state index in [1.807, 2.05) is 0 Å². The first kappa shape index (κ1) is 22.4. The second-order valence-electron chi connectivity index (χ2n) is 10.4. The minimum atomic E-state index is -1.66. The largest absolute Gasteiger partial charge is 0.504 e. The Morgan fingerprint density at radius 1 is 0.969 bits per heavy atom. The lowest BCUT2D eigenvalue weighted by molar-refractivity contribution is -0.166. The number of aliphatic hydroxyl groups is 1. The Morgan fingerprint density at radius 2 is 1.53 bits per heavy atom. The summed E-state index contributed by atoms with van der Waals surface area (Å²) in [5, 5.41) is 11.0. The molecule has 2 fully saturated rings. The molecule has 0 aromatic heterocycles. The van der Waals surface area contributed by atoms with Crippen molar-refractivity contribution >= 4 is 29.3 Å². The quantitative estimate of drug-likeness (QED) is 0.645. The third kappa shape index (κ3) is 2.70. The van der Waals surface area contributed by atoms with Crippen LogP contribution in [0.1, 0.15) is 60.8 Å². The van der Waals surface area contributed by atoms with Crippen LogP contribution in [0.3, 0.4) is 0 Å². The highest BCUT2D eigenvalue weighted by Gasteiger charge is 2.75. The van der Waals surface area contributed by atoms with Crippen LogP contribution in [-0.2, 0) is 33.4 Å². The van der Waals surface area contributed by atoms with E-state index in [4.69, 9.17) is 9.47 Å². The highest BCUT2D eigenvalue weighted by atomic mass is 16.6. The van der Waals surface area contributed by atoms with Gasteiger partial charge in [-0.25, -0.2) is 0 Å². The predicted octanol–water partition coefficient (Wildman–Crippen LogP) is 2.55. The van der Waals surface area contributed by atoms with E-state index < -0.39 is 63.5 Å². The highest BCUT2D eigenvalue weighted by molar-refractivity contribution is 6.25. The van der Waals surface area contributed by atoms with Crippen LogP contribution < -0.4 is 0 Å². The zero-order valence-electron chi connectivity index (χ0n) is 19.2. The van der Waals surface area contributed by atoms with Crippen molar-refractivity contribution in [1.82, 2.24) is 0 Å². The molecule has 8 heteroatoms. The number of allylic oxidation sites excluding steroid dienone is 2. The Morgan fingerprint density at radius 3 is 2.03 bits per heavy atom. The van der Waals surface area contributed by atoms with Gasteiger partial charge in [0.05, 0.1) is 16.4 Å². The van der Waals surface area contributed by atoms with Crippen molar-refractivity contribution in [1.29, 1.82) is 0 Å². The maximum atomic E-state index is 14.0. The summed E-state index contributed by atoms with van der Waals surface area (Å²) in [5.41, 5.74) is -3.35. The molecule has 172 valence electrons. The first-order valence-corrected chi connectivity index (χ1v) is 10.9. The summed E-state index contributed by atoms with van der Waals surface area (Å²) in [6.45, 7) is 9.30. The average molecular weight is 444 g/mol. The number of carbonyl (C=O) groups is 5. The monoisotopic (exact) mass is 444 g/mol. The van der Waals surface area contributed by atoms with E-state index in [0.717, 1.165) is 0 Å². The molecule has 2 saturated carbocycles. The molecule has 0 saturated heterocycles. The van der Waals surface area contributed by atoms with Crippen molar-refractivity contribution in [2.24, 2.45) is 22.2 Å². The number of esters is 2. The van der Waals surface area contributed by atoms with E-state index in [2.05, 4.69) is 0 Å². The Kier molecular flexibility index (Phi) is 4.64. The summed E-state index contributed by atoms with van der Waals surface area (Å²) in [6, 6.07) is 0. The van der Waals surface area contributed by atoms with E-state index in [-0.39, 0.29) is 23.5 Å². The van der Waals surface area contributed by atoms with Gasteiger partial charge in [-0.15, -0.1) is 0 Å². The molecule has 0 bridgehead atoms. The number of aliphatic hydroxyl groups excluding tert-OH is 1. The molecule has 4 aliphatic rings. The molecule has 1 N–H and O–H groups in total. The first-order valence-electron chi connectivity index (χ1n) is 10.9. The summed E-state index contributed by atoms with van der Waals surface area (Å²) in [6.07, 6.45) is -1.18. The molecule has 0 aromatic rings. The van der Waals surface area contributed by atoms with E-state index in [1.54, 1.807) is 20.8 Å². The molecule has 0 heterocycles. The Hall–Kier alpha value is -2.77. The number of fused-ring (bicyclic) bond motifs is 2. The number of ketones is 3. The second kappa shape index (κ2) is 6.62. The molecule has 4 rings (SSSR count). The van der Waals surface area contributed by atoms with Gasteiger partial charge in [0.2, 0.25) is 5.78 Å². The lowest BCUT2D eigenvalue weighted by Gasteiger charge is -2.50. The molecule has 0 aliphatic heterocycles. The molecule has 0 amide bonds. The van der Waals surface area contributed by atoms with Gasteiger partial charge in [0, 0.05) is 25.8 Å². The van der Waals surface area contributed by atoms with E-state index in [9.17, 15) is 29.1 Å². The maximum absolute atomic E-state index is 14.0. The van der Waals surface area contributed by atoms with Crippen LogP contribution in [0.2, 0.25) is 0 Å². The van der Waals surface area contributed by atoms with E-state index >= 15 is 0 Å². The third-order valence-electron chi connectivity index (χ3n) is 7.76. The number of ether oxygens (including phenoxy) is 2. The van der Waals surface area contributed by atoms with Crippen LogP contribution in [0.5, 0.6) is 0 Å². The molecule has 8 nitrogen and oxygen atoms in total. The van der Waals surface area contributed by atoms with Gasteiger partial charge in [0.15, 0.2) is 23.4 Å². The summed E-state index contributed by atoms with van der Waals surface area (Å²) >= 11 is 0. The fourth-order valence-corrected chi connectivity index (χ4v) is 6.23. The standard InChI is InChI=1S/C24H28O8/c1-10-8-24(10)19(29)16-18(28)17(27)15-14(7-13(31-11(2)25)9-22(15,4)5)23(16,6)20(30)21(24)32-12(3)26/h10,13,21,28H,7-9H2,1-6H3/t10-,13+,21-,23-,24+/m0/s1. The van der Waals surface area contributed by atoms with Gasteiger partial charge in [0.25, 0.3) is 0 Å². The van der Waals surface area contributed by atoms with Crippen molar-refractivity contribution < 1.29 is 38.6 Å². The van der Waals surface area contributed by atoms with Crippen LogP contribution in [0.4, 0.5) is 0 Å². The maximum Gasteiger partial charge on any atom is 0.303 e. The van der Waals surface area contributed by atoms with Gasteiger partial charge in [-0.3, -0.25) is 24.0 Å². The lowest BCUT2D eigenvalue weighted by Crippen LogP contribution is -2.59. The number of carbonyl (C=O) groups excluding carboxylic acids is 5. The number of rotatable bonds is 2. The zero-order chi connectivity index (χ0) is 24.0. The molecular weight excluding hydrogens is 416 g/mol. The van der Waals surface area contributed by atoms with Crippen LogP contribution in [0.15, 0.2) is 22.5 Å². The average Bonchev–Trinajstić information content (AvgIpc) is 3.32. The van der Waals surface area contributed by atoms with E-state index in [0.29, 0.717) is 18.4 Å². The Bertz CT molecular complexity index is 1060. The lowest BCUT2D eigenvalue weighted by atomic mass is 9.52. The van der Waals surface area contributed by atoms with Crippen LogP contribution >= 0.6 is 0 Å². The molecule has 0 radical (unpaired) electrons. The van der Waals surface area contributed by atoms with Gasteiger partial charge < -0.3 is 14.6 Å². The van der Waals surface area contributed by atoms with Crippen molar-refractivity contribution in [3.63, 3.8) is 0 Å². The smallest absolute Gasteiger partial charge is 0.303 e. The van der Waals surface area contributed by atoms with Gasteiger partial charge in [-0.1, -0.05) is 20.8 Å². The molecule has 32 heavy (non-hydrogen) atoms. The SMILES string of the molecule is CC(=O)O[C@@H]1CC2=C(C(=O)C(O)=C3C(=O)[C@]4(C[C@@H]4C)[C@@H](OC(C)=O)C(=O)[C@@]23C)C(C)(C)C1. The fourth-order valence-electron chi connectivity index (χ4n) is 6.23. The molecular formula is C24H28O8. The predicted molar refractivity (Wildman–Crippen MR) is 110 cm³/mol. The van der Waals surface area contributed by atoms with Crippen molar-refractivity contribution in [2.45, 2.75) is 73.0 Å². The number of hydrogen-bond acceptors (Lipinski definition) is 8. The summed E-state index contributed by atoms with van der Waals surface area (Å²) in [5.74, 6) is -3.85. The zero-order valence-corrected chi connectivity index (χ0v) is 19.2. The highest BCUT2D eigenvalue weighted by Crippen LogP contribution is 2.66. The summed E-state index contributed by atoms with van der Waals surface area (Å²) in [7, 11) is 0. The van der Waals surface area contributed by atoms with Crippen molar-refractivity contribution in [2.75, 3.05) is 0 Å². The Labute approximate surface area is 186 Å². The van der Waals surface area contributed by atoms with E-state index in [1.165, 1.54) is 20.8 Å². The molecule has 5 atom stereocenters. The number of hydrogen-bond donors (Lipinski definition) is 1. The molecule has 1 spiro atoms. The van der Waals surface area contributed by atoms with Crippen LogP contribution in [0, 0.1) is 22.2 Å². The molecule has 0 unspecified atom stereocenters. The second-order valence-corrected chi connectivity index (χ2v) is 10.4. The topological polar surface area (TPSA) is 124 Å². The van der Waals surface area contributed by atoms with Gasteiger partial charge >= 0.3 is 11.9 Å². The van der Waals surface area contributed by atoms with Gasteiger partial charge in [0.1, 0.15) is 6.10 Å². The fraction of sp³-hybridized carbons (Fsp3) is 0.625. The molecule has 4 aliphatic carbocycles. The normalized spacial score (nSPS) is 37.8. The third-order valence-corrected chi connectivity index (χ3v) is 7.76. The van der Waals surface area contributed by atoms with Crippen LogP contribution in [-0.4, -0.2) is 46.6 Å². The van der Waals surface area contributed by atoms with Crippen molar-refractivity contribution in [3.05, 3.63) is 22.5 Å². The summed E-state index contributed by atoms with van der Waals surface area (Å²) in [4.78, 5) is 64.5. The van der Waals surface area contributed by atoms with Crippen LogP contribution in [0.25, 0.3) is 0 Å².